The fourth-order valence-corrected chi connectivity index (χ4v) is 5.57. The number of hydrogen-bond donors (Lipinski definition) is 2. The van der Waals surface area contributed by atoms with E-state index in [1.54, 1.807) is 13.0 Å². The van der Waals surface area contributed by atoms with E-state index < -0.39 is 60.2 Å². The number of benzene rings is 1. The van der Waals surface area contributed by atoms with Gasteiger partial charge in [0.2, 0.25) is 9.70 Å². The monoisotopic (exact) mass is 542 g/mol. The van der Waals surface area contributed by atoms with Gasteiger partial charge in [-0.25, -0.2) is 4.79 Å². The number of fused-ring (bicyclic) bond motifs is 1. The first kappa shape index (κ1) is 25.1. The zero-order valence-corrected chi connectivity index (χ0v) is 20.2. The van der Waals surface area contributed by atoms with E-state index in [1.165, 1.54) is 47.1 Å². The first-order chi connectivity index (χ1) is 14.8. The quantitative estimate of drug-likeness (QED) is 0.242. The van der Waals surface area contributed by atoms with Crippen LogP contribution >= 0.6 is 46.6 Å². The van der Waals surface area contributed by atoms with E-state index in [0.717, 1.165) is 0 Å². The van der Waals surface area contributed by atoms with Gasteiger partial charge >= 0.3 is 5.97 Å². The van der Waals surface area contributed by atoms with E-state index in [0.29, 0.717) is 0 Å². The van der Waals surface area contributed by atoms with Crippen molar-refractivity contribution in [2.45, 2.75) is 32.6 Å². The van der Waals surface area contributed by atoms with Crippen molar-refractivity contribution in [2.24, 2.45) is 0 Å². The van der Waals surface area contributed by atoms with E-state index in [9.17, 15) is 27.4 Å². The number of β-lactam (4-membered cyclic amide) rings is 1. The minimum absolute atomic E-state index is 0.0553. The van der Waals surface area contributed by atoms with E-state index in [2.05, 4.69) is 5.32 Å². The van der Waals surface area contributed by atoms with Crippen molar-refractivity contribution in [1.29, 1.82) is 0 Å². The molecule has 174 valence electrons. The van der Waals surface area contributed by atoms with Crippen LogP contribution in [0.15, 0.2) is 42.1 Å². The first-order valence-electron chi connectivity index (χ1n) is 9.04. The number of nitrogens with one attached hydrogen (secondary N) is 1. The van der Waals surface area contributed by atoms with Gasteiger partial charge in [-0.2, -0.15) is 8.42 Å². The molecular formula is C18H17Cl3N2O7S2. The van der Waals surface area contributed by atoms with Gasteiger partial charge in [-0.05, 0) is 12.5 Å². The molecule has 0 bridgehead atoms. The second-order valence-corrected chi connectivity index (χ2v) is 12.5. The molecule has 1 aromatic rings. The highest BCUT2D eigenvalue weighted by Crippen LogP contribution is 2.41. The average molecular weight is 544 g/mol. The number of carbonyl (C=O) groups is 3. The molecule has 2 heterocycles. The Hall–Kier alpha value is -1.50. The topological polar surface area (TPSA) is 130 Å². The number of carbonyl (C=O) groups excluding carboxylic acids is 3. The van der Waals surface area contributed by atoms with Crippen LogP contribution in [0.2, 0.25) is 0 Å². The van der Waals surface area contributed by atoms with Crippen molar-refractivity contribution < 1.29 is 32.1 Å². The van der Waals surface area contributed by atoms with Crippen LogP contribution < -0.4 is 5.32 Å². The number of thioether (sulfide) groups is 1. The lowest BCUT2D eigenvalue weighted by Crippen LogP contribution is -2.69. The van der Waals surface area contributed by atoms with Crippen LogP contribution in [0.4, 0.5) is 0 Å². The molecule has 0 aliphatic carbocycles. The molecule has 1 saturated heterocycles. The summed E-state index contributed by atoms with van der Waals surface area (Å²) in [4.78, 5) is 38.7. The molecule has 0 spiro atoms. The van der Waals surface area contributed by atoms with Gasteiger partial charge in [0, 0.05) is 11.4 Å². The summed E-state index contributed by atoms with van der Waals surface area (Å²) >= 11 is 17.9. The van der Waals surface area contributed by atoms with Crippen LogP contribution in [0.25, 0.3) is 0 Å². The minimum atomic E-state index is -4.79. The Labute approximate surface area is 203 Å². The molecule has 0 radical (unpaired) electrons. The SMILES string of the molecule is CC1S[C@@H]2C(NC(=O)C(c3ccccc3)S(=O)(=O)O)C(=O)N2C=C1C(=O)OCC(Cl)(Cl)Cl. The molecule has 9 nitrogen and oxygen atoms in total. The molecule has 32 heavy (non-hydrogen) atoms. The van der Waals surface area contributed by atoms with Crippen molar-refractivity contribution in [1.82, 2.24) is 10.2 Å². The molecule has 3 unspecified atom stereocenters. The highest BCUT2D eigenvalue weighted by molar-refractivity contribution is 8.00. The predicted molar refractivity (Wildman–Crippen MR) is 120 cm³/mol. The van der Waals surface area contributed by atoms with Gasteiger partial charge in [0.05, 0.1) is 5.57 Å². The third kappa shape index (κ3) is 5.52. The first-order valence-corrected chi connectivity index (χ1v) is 12.6. The van der Waals surface area contributed by atoms with E-state index in [4.69, 9.17) is 39.5 Å². The molecule has 2 amide bonds. The number of hydrogen-bond acceptors (Lipinski definition) is 7. The zero-order valence-electron chi connectivity index (χ0n) is 16.3. The third-order valence-corrected chi connectivity index (χ3v) is 7.53. The summed E-state index contributed by atoms with van der Waals surface area (Å²) in [5.74, 6) is -2.36. The van der Waals surface area contributed by atoms with Crippen LogP contribution in [0.5, 0.6) is 0 Å². The van der Waals surface area contributed by atoms with E-state index in [1.807, 2.05) is 0 Å². The smallest absolute Gasteiger partial charge is 0.336 e. The maximum absolute atomic E-state index is 12.7. The predicted octanol–water partition coefficient (Wildman–Crippen LogP) is 2.20. The van der Waals surface area contributed by atoms with Crippen LogP contribution in [0, 0.1) is 0 Å². The summed E-state index contributed by atoms with van der Waals surface area (Å²) in [7, 11) is -4.79. The molecule has 2 N–H and O–H groups in total. The molecule has 0 aromatic heterocycles. The van der Waals surface area contributed by atoms with Crippen molar-refractivity contribution >= 4 is 74.5 Å². The van der Waals surface area contributed by atoms with Crippen molar-refractivity contribution in [2.75, 3.05) is 6.61 Å². The third-order valence-electron chi connectivity index (χ3n) is 4.68. The summed E-state index contributed by atoms with van der Waals surface area (Å²) in [6.07, 6.45) is 1.30. The normalized spacial score (nSPS) is 24.0. The molecule has 3 rings (SSSR count). The zero-order chi connectivity index (χ0) is 23.8. The largest absolute Gasteiger partial charge is 0.458 e. The molecular weight excluding hydrogens is 527 g/mol. The number of alkyl halides is 3. The summed E-state index contributed by atoms with van der Waals surface area (Å²) < 4.78 is 36.4. The van der Waals surface area contributed by atoms with Crippen LogP contribution in [0.1, 0.15) is 17.7 Å². The molecule has 2 aliphatic rings. The number of esters is 1. The summed E-state index contributed by atoms with van der Waals surface area (Å²) in [5, 5.41) is -0.509. The highest BCUT2D eigenvalue weighted by Gasteiger charge is 2.52. The summed E-state index contributed by atoms with van der Waals surface area (Å²) in [6.45, 7) is 1.22. The second kappa shape index (κ2) is 9.40. The maximum Gasteiger partial charge on any atom is 0.336 e. The lowest BCUT2D eigenvalue weighted by atomic mass is 10.0. The van der Waals surface area contributed by atoms with Crippen molar-refractivity contribution in [3.05, 3.63) is 47.7 Å². The second-order valence-electron chi connectivity index (χ2n) is 6.98. The van der Waals surface area contributed by atoms with Crippen LogP contribution in [-0.2, 0) is 29.2 Å². The molecule has 14 heteroatoms. The molecule has 0 saturated carbocycles. The fraction of sp³-hybridized carbons (Fsp3) is 0.389. The minimum Gasteiger partial charge on any atom is -0.458 e. The van der Waals surface area contributed by atoms with Gasteiger partial charge in [0.1, 0.15) is 18.0 Å². The Morgan fingerprint density at radius 1 is 1.28 bits per heavy atom. The van der Waals surface area contributed by atoms with Crippen LogP contribution in [0.3, 0.4) is 0 Å². The van der Waals surface area contributed by atoms with Crippen LogP contribution in [-0.4, -0.2) is 62.7 Å². The maximum atomic E-state index is 12.7. The molecule has 1 aromatic carbocycles. The molecule has 1 fully saturated rings. The Kier molecular flexibility index (Phi) is 7.38. The van der Waals surface area contributed by atoms with Crippen molar-refractivity contribution in [3.63, 3.8) is 0 Å². The van der Waals surface area contributed by atoms with Gasteiger partial charge in [-0.3, -0.25) is 14.1 Å². The van der Waals surface area contributed by atoms with Gasteiger partial charge in [-0.15, -0.1) is 11.8 Å². The van der Waals surface area contributed by atoms with Crippen molar-refractivity contribution in [3.8, 4) is 0 Å². The van der Waals surface area contributed by atoms with Gasteiger partial charge in [0.15, 0.2) is 5.25 Å². The average Bonchev–Trinajstić information content (AvgIpc) is 2.69. The molecule has 4 atom stereocenters. The number of rotatable bonds is 6. The van der Waals surface area contributed by atoms with Gasteiger partial charge in [-0.1, -0.05) is 65.1 Å². The van der Waals surface area contributed by atoms with E-state index >= 15 is 0 Å². The Bertz CT molecular complexity index is 1060. The number of ether oxygens (including phenoxy) is 1. The number of nitrogens with zero attached hydrogens (tertiary/aromatic N) is 1. The molecule has 2 aliphatic heterocycles. The number of halogens is 3. The Morgan fingerprint density at radius 3 is 2.47 bits per heavy atom. The fourth-order valence-electron chi connectivity index (χ4n) is 3.20. The summed E-state index contributed by atoms with van der Waals surface area (Å²) in [6, 6.07) is 6.37. The van der Waals surface area contributed by atoms with Gasteiger partial charge in [0.25, 0.3) is 16.0 Å². The highest BCUT2D eigenvalue weighted by atomic mass is 35.6. The lowest BCUT2D eigenvalue weighted by molar-refractivity contribution is -0.145. The van der Waals surface area contributed by atoms with E-state index in [-0.39, 0.29) is 11.1 Å². The lowest BCUT2D eigenvalue weighted by Gasteiger charge is -2.48. The number of amides is 2. The Morgan fingerprint density at radius 2 is 1.91 bits per heavy atom. The summed E-state index contributed by atoms with van der Waals surface area (Å²) in [5.41, 5.74) is 0.221. The standard InChI is InChI=1S/C18H17Cl3N2O7S2/c1-9-11(17(26)30-8-18(19,20)21)7-23-15(25)12(16(23)31-9)22-14(24)13(32(27,28)29)10-5-3-2-4-6-10/h2-7,9,12-13,16H,8H2,1H3,(H,22,24)(H,27,28,29)/t9?,12?,13?,16-/m1/s1. The Balaban J connectivity index is 1.73. The van der Waals surface area contributed by atoms with Gasteiger partial charge < -0.3 is 15.0 Å².